The molecule has 2 aromatic rings. The van der Waals surface area contributed by atoms with Gasteiger partial charge in [0.2, 0.25) is 11.8 Å². The minimum atomic E-state index is -0.904. The van der Waals surface area contributed by atoms with Crippen LogP contribution in [0.5, 0.6) is 0 Å². The molecule has 0 aliphatic heterocycles. The SMILES string of the molecule is CCCCN(C(=O)C(Cc1ccccc1)NC(=O)OC(C)(C)C)C(C(=O)NC1CCCCC1)c1c(C)cccc1C. The Hall–Kier alpha value is -3.35. The normalized spacial score (nSPS) is 15.5. The number of amides is 3. The molecule has 0 heterocycles. The number of aryl methyl sites for hydroxylation is 2. The van der Waals surface area contributed by atoms with Gasteiger partial charge in [-0.1, -0.05) is 81.1 Å². The Kier molecular flexibility index (Phi) is 11.8. The molecule has 1 aliphatic rings. The summed E-state index contributed by atoms with van der Waals surface area (Å²) >= 11 is 0. The minimum Gasteiger partial charge on any atom is -0.444 e. The number of carbonyl (C=O) groups excluding carboxylic acids is 3. The molecule has 7 nitrogen and oxygen atoms in total. The van der Waals surface area contributed by atoms with Gasteiger partial charge in [0.1, 0.15) is 17.7 Å². The van der Waals surface area contributed by atoms with Crippen molar-refractivity contribution < 1.29 is 19.1 Å². The third-order valence-electron chi connectivity index (χ3n) is 7.63. The van der Waals surface area contributed by atoms with Crippen molar-refractivity contribution in [2.24, 2.45) is 0 Å². The van der Waals surface area contributed by atoms with Crippen molar-refractivity contribution in [3.8, 4) is 0 Å². The van der Waals surface area contributed by atoms with Gasteiger partial charge in [-0.15, -0.1) is 0 Å². The fraction of sp³-hybridized carbons (Fsp3) is 0.559. The molecule has 0 aromatic heterocycles. The number of alkyl carbamates (subject to hydrolysis) is 1. The molecule has 2 aromatic carbocycles. The monoisotopic (exact) mass is 563 g/mol. The molecular formula is C34H49N3O4. The summed E-state index contributed by atoms with van der Waals surface area (Å²) in [7, 11) is 0. The zero-order chi connectivity index (χ0) is 30.0. The van der Waals surface area contributed by atoms with Crippen LogP contribution in [-0.2, 0) is 20.7 Å². The van der Waals surface area contributed by atoms with Crippen LogP contribution in [0.1, 0.15) is 101 Å². The molecule has 224 valence electrons. The lowest BCUT2D eigenvalue weighted by Crippen LogP contribution is -2.55. The van der Waals surface area contributed by atoms with Crippen LogP contribution in [0.3, 0.4) is 0 Å². The Morgan fingerprint density at radius 1 is 0.951 bits per heavy atom. The van der Waals surface area contributed by atoms with Crippen LogP contribution in [0.2, 0.25) is 0 Å². The number of hydrogen-bond acceptors (Lipinski definition) is 4. The zero-order valence-corrected chi connectivity index (χ0v) is 25.8. The highest BCUT2D eigenvalue weighted by Crippen LogP contribution is 2.30. The Morgan fingerprint density at radius 2 is 1.59 bits per heavy atom. The van der Waals surface area contributed by atoms with Gasteiger partial charge >= 0.3 is 6.09 Å². The average molecular weight is 564 g/mol. The predicted octanol–water partition coefficient (Wildman–Crippen LogP) is 6.56. The first-order chi connectivity index (χ1) is 19.5. The quantitative estimate of drug-likeness (QED) is 0.324. The highest BCUT2D eigenvalue weighted by atomic mass is 16.6. The smallest absolute Gasteiger partial charge is 0.408 e. The van der Waals surface area contributed by atoms with Crippen molar-refractivity contribution in [3.05, 3.63) is 70.8 Å². The molecule has 41 heavy (non-hydrogen) atoms. The van der Waals surface area contributed by atoms with Gasteiger partial charge in [-0.25, -0.2) is 4.79 Å². The molecule has 3 amide bonds. The van der Waals surface area contributed by atoms with Crippen molar-refractivity contribution in [2.75, 3.05) is 6.54 Å². The highest BCUT2D eigenvalue weighted by Gasteiger charge is 2.38. The number of rotatable bonds is 11. The van der Waals surface area contributed by atoms with Gasteiger partial charge in [0, 0.05) is 19.0 Å². The van der Waals surface area contributed by atoms with E-state index in [2.05, 4.69) is 17.6 Å². The van der Waals surface area contributed by atoms with E-state index in [9.17, 15) is 14.4 Å². The molecule has 2 atom stereocenters. The second-order valence-corrected chi connectivity index (χ2v) is 12.3. The first-order valence-corrected chi connectivity index (χ1v) is 15.2. The van der Waals surface area contributed by atoms with Gasteiger partial charge in [-0.05, 0) is 76.1 Å². The van der Waals surface area contributed by atoms with Gasteiger partial charge < -0.3 is 20.3 Å². The van der Waals surface area contributed by atoms with Crippen LogP contribution in [0.15, 0.2) is 48.5 Å². The second kappa shape index (κ2) is 15.0. The number of nitrogens with one attached hydrogen (secondary N) is 2. The third kappa shape index (κ3) is 9.61. The van der Waals surface area contributed by atoms with E-state index in [-0.39, 0.29) is 24.3 Å². The van der Waals surface area contributed by atoms with Crippen LogP contribution in [-0.4, -0.2) is 47.0 Å². The Morgan fingerprint density at radius 3 is 2.17 bits per heavy atom. The maximum absolute atomic E-state index is 14.6. The molecule has 7 heteroatoms. The molecule has 1 saturated carbocycles. The molecule has 0 spiro atoms. The van der Waals surface area contributed by atoms with Gasteiger partial charge in [0.15, 0.2) is 0 Å². The largest absolute Gasteiger partial charge is 0.444 e. The number of ether oxygens (including phenoxy) is 1. The van der Waals surface area contributed by atoms with Gasteiger partial charge in [0.05, 0.1) is 0 Å². The molecule has 0 bridgehead atoms. The fourth-order valence-electron chi connectivity index (χ4n) is 5.61. The van der Waals surface area contributed by atoms with E-state index < -0.39 is 23.8 Å². The molecule has 0 radical (unpaired) electrons. The van der Waals surface area contributed by atoms with Crippen molar-refractivity contribution in [3.63, 3.8) is 0 Å². The topological polar surface area (TPSA) is 87.7 Å². The number of hydrogen-bond donors (Lipinski definition) is 2. The van der Waals surface area contributed by atoms with Crippen LogP contribution >= 0.6 is 0 Å². The van der Waals surface area contributed by atoms with Gasteiger partial charge in [-0.2, -0.15) is 0 Å². The van der Waals surface area contributed by atoms with Crippen molar-refractivity contribution >= 4 is 17.9 Å². The second-order valence-electron chi connectivity index (χ2n) is 12.3. The standard InChI is InChI=1S/C34H49N3O4/c1-7-8-22-37(32(39)28(23-26-18-11-9-12-19-26)36-33(40)41-34(4,5)6)30(29-24(2)16-15-17-25(29)3)31(38)35-27-20-13-10-14-21-27/h9,11-12,15-19,27-28,30H,7-8,10,13-14,20-23H2,1-6H3,(H,35,38)(H,36,40). The van der Waals surface area contributed by atoms with Gasteiger partial charge in [0.25, 0.3) is 0 Å². The lowest BCUT2D eigenvalue weighted by atomic mass is 9.91. The first-order valence-electron chi connectivity index (χ1n) is 15.2. The zero-order valence-electron chi connectivity index (χ0n) is 25.8. The molecule has 2 N–H and O–H groups in total. The molecule has 2 unspecified atom stereocenters. The highest BCUT2D eigenvalue weighted by molar-refractivity contribution is 5.93. The van der Waals surface area contributed by atoms with E-state index in [0.717, 1.165) is 60.8 Å². The summed E-state index contributed by atoms with van der Waals surface area (Å²) in [5.41, 5.74) is 2.96. The molecule has 0 saturated heterocycles. The lowest BCUT2D eigenvalue weighted by molar-refractivity contribution is -0.143. The number of unbranched alkanes of at least 4 members (excludes halogenated alkanes) is 1. The van der Waals surface area contributed by atoms with E-state index >= 15 is 0 Å². The maximum atomic E-state index is 14.6. The summed E-state index contributed by atoms with van der Waals surface area (Å²) in [6, 6.07) is 14.0. The Labute approximate surface area is 246 Å². The maximum Gasteiger partial charge on any atom is 0.408 e. The van der Waals surface area contributed by atoms with E-state index in [1.54, 1.807) is 25.7 Å². The summed E-state index contributed by atoms with van der Waals surface area (Å²) in [4.78, 5) is 43.4. The van der Waals surface area contributed by atoms with Crippen LogP contribution in [0.4, 0.5) is 4.79 Å². The summed E-state index contributed by atoms with van der Waals surface area (Å²) in [5, 5.41) is 6.15. The van der Waals surface area contributed by atoms with E-state index in [4.69, 9.17) is 4.74 Å². The summed E-state index contributed by atoms with van der Waals surface area (Å²) in [5.74, 6) is -0.450. The van der Waals surface area contributed by atoms with Crippen LogP contribution in [0, 0.1) is 13.8 Å². The van der Waals surface area contributed by atoms with Crippen LogP contribution in [0.25, 0.3) is 0 Å². The van der Waals surface area contributed by atoms with Crippen molar-refractivity contribution in [1.82, 2.24) is 15.5 Å². The van der Waals surface area contributed by atoms with Crippen LogP contribution < -0.4 is 10.6 Å². The molecule has 1 aliphatic carbocycles. The summed E-state index contributed by atoms with van der Waals surface area (Å²) in [6.07, 6.45) is 6.49. The van der Waals surface area contributed by atoms with Gasteiger partial charge in [-0.3, -0.25) is 9.59 Å². The van der Waals surface area contributed by atoms with E-state index in [1.807, 2.05) is 62.4 Å². The fourth-order valence-corrected chi connectivity index (χ4v) is 5.61. The third-order valence-corrected chi connectivity index (χ3v) is 7.63. The van der Waals surface area contributed by atoms with E-state index in [0.29, 0.717) is 6.54 Å². The Balaban J connectivity index is 2.05. The number of carbonyl (C=O) groups is 3. The molecule has 3 rings (SSSR count). The minimum absolute atomic E-state index is 0.103. The number of nitrogens with zero attached hydrogens (tertiary/aromatic N) is 1. The van der Waals surface area contributed by atoms with Crippen molar-refractivity contribution in [2.45, 2.75) is 117 Å². The predicted molar refractivity (Wildman–Crippen MR) is 164 cm³/mol. The Bertz CT molecular complexity index is 1130. The molecule has 1 fully saturated rings. The molecular weight excluding hydrogens is 514 g/mol. The van der Waals surface area contributed by atoms with E-state index in [1.165, 1.54) is 6.42 Å². The first kappa shape index (κ1) is 32.2. The summed E-state index contributed by atoms with van der Waals surface area (Å²) < 4.78 is 5.55. The lowest BCUT2D eigenvalue weighted by Gasteiger charge is -2.37. The number of benzene rings is 2. The van der Waals surface area contributed by atoms with Crippen molar-refractivity contribution in [1.29, 1.82) is 0 Å². The average Bonchev–Trinajstić information content (AvgIpc) is 2.91. The summed E-state index contributed by atoms with van der Waals surface area (Å²) in [6.45, 7) is 11.8.